The van der Waals surface area contributed by atoms with Gasteiger partial charge in [0.25, 0.3) is 0 Å². The van der Waals surface area contributed by atoms with Gasteiger partial charge in [-0.15, -0.1) is 0 Å². The molecule has 5 fully saturated rings. The maximum absolute atomic E-state index is 12.6. The molecular formula is C16H23N3O2. The molecule has 1 N–H and O–H groups in total. The Morgan fingerprint density at radius 1 is 1.19 bits per heavy atom. The van der Waals surface area contributed by atoms with E-state index in [4.69, 9.17) is 10.00 Å². The van der Waals surface area contributed by atoms with Crippen LogP contribution in [0.1, 0.15) is 38.5 Å². The SMILES string of the molecule is N#CC1CN(C(=O)NC23CC4CC(CC(C4)C2)C3)CCO1. The van der Waals surface area contributed by atoms with Crippen molar-refractivity contribution in [1.29, 1.82) is 5.26 Å². The number of carbonyl (C=O) groups excluding carboxylic acids is 1. The molecule has 4 aliphatic carbocycles. The lowest BCUT2D eigenvalue weighted by Gasteiger charge is -2.57. The molecule has 1 heterocycles. The Hall–Kier alpha value is -1.28. The molecule has 5 rings (SSSR count). The van der Waals surface area contributed by atoms with Gasteiger partial charge in [0.15, 0.2) is 6.10 Å². The quantitative estimate of drug-likeness (QED) is 0.801. The summed E-state index contributed by atoms with van der Waals surface area (Å²) in [5.74, 6) is 2.48. The first kappa shape index (κ1) is 13.4. The molecule has 1 aliphatic heterocycles. The van der Waals surface area contributed by atoms with Crippen LogP contribution < -0.4 is 5.32 Å². The number of rotatable bonds is 1. The minimum Gasteiger partial charge on any atom is -0.360 e. The molecule has 0 aromatic rings. The summed E-state index contributed by atoms with van der Waals surface area (Å²) >= 11 is 0. The number of urea groups is 1. The molecule has 1 saturated heterocycles. The van der Waals surface area contributed by atoms with Crippen LogP contribution in [-0.4, -0.2) is 42.3 Å². The van der Waals surface area contributed by atoms with E-state index in [0.717, 1.165) is 37.0 Å². The summed E-state index contributed by atoms with van der Waals surface area (Å²) in [6.07, 6.45) is 7.15. The highest BCUT2D eigenvalue weighted by Gasteiger charge is 2.51. The highest BCUT2D eigenvalue weighted by atomic mass is 16.5. The number of hydrogen-bond acceptors (Lipinski definition) is 3. The number of hydrogen-bond donors (Lipinski definition) is 1. The highest BCUT2D eigenvalue weighted by Crippen LogP contribution is 2.55. The van der Waals surface area contributed by atoms with E-state index in [9.17, 15) is 4.79 Å². The molecule has 5 heteroatoms. The fourth-order valence-corrected chi connectivity index (χ4v) is 5.48. The Kier molecular flexibility index (Phi) is 3.11. The summed E-state index contributed by atoms with van der Waals surface area (Å²) in [5, 5.41) is 12.3. The van der Waals surface area contributed by atoms with Crippen molar-refractivity contribution in [3.05, 3.63) is 0 Å². The van der Waals surface area contributed by atoms with Gasteiger partial charge in [-0.25, -0.2) is 4.79 Å². The fraction of sp³-hybridized carbons (Fsp3) is 0.875. The zero-order chi connectivity index (χ0) is 14.4. The summed E-state index contributed by atoms with van der Waals surface area (Å²) < 4.78 is 5.32. The minimum absolute atomic E-state index is 0.0144. The van der Waals surface area contributed by atoms with Crippen LogP contribution in [0.5, 0.6) is 0 Å². The average Bonchev–Trinajstić information content (AvgIpc) is 2.45. The molecule has 0 aromatic heterocycles. The second kappa shape index (κ2) is 4.88. The zero-order valence-electron chi connectivity index (χ0n) is 12.4. The van der Waals surface area contributed by atoms with E-state index in [0.29, 0.717) is 19.7 Å². The van der Waals surface area contributed by atoms with E-state index in [-0.39, 0.29) is 11.6 Å². The van der Waals surface area contributed by atoms with E-state index in [1.54, 1.807) is 4.90 Å². The Balaban J connectivity index is 1.43. The van der Waals surface area contributed by atoms with Crippen molar-refractivity contribution in [2.45, 2.75) is 50.2 Å². The summed E-state index contributed by atoms with van der Waals surface area (Å²) in [6.45, 7) is 1.46. The van der Waals surface area contributed by atoms with E-state index in [2.05, 4.69) is 11.4 Å². The van der Waals surface area contributed by atoms with Crippen LogP contribution >= 0.6 is 0 Å². The largest absolute Gasteiger partial charge is 0.360 e. The molecule has 0 aromatic carbocycles. The zero-order valence-corrected chi connectivity index (χ0v) is 12.4. The normalized spacial score (nSPS) is 44.4. The smallest absolute Gasteiger partial charge is 0.318 e. The van der Waals surface area contributed by atoms with Crippen molar-refractivity contribution in [1.82, 2.24) is 10.2 Å². The molecule has 1 unspecified atom stereocenters. The molecule has 114 valence electrons. The first-order valence-electron chi connectivity index (χ1n) is 8.24. The molecule has 1 atom stereocenters. The van der Waals surface area contributed by atoms with Gasteiger partial charge in [0.2, 0.25) is 0 Å². The van der Waals surface area contributed by atoms with E-state index >= 15 is 0 Å². The molecular weight excluding hydrogens is 266 g/mol. The number of morpholine rings is 1. The van der Waals surface area contributed by atoms with Gasteiger partial charge in [-0.2, -0.15) is 5.26 Å². The topological polar surface area (TPSA) is 65.4 Å². The van der Waals surface area contributed by atoms with E-state index in [1.807, 2.05) is 0 Å². The second-order valence-electron chi connectivity index (χ2n) is 7.56. The molecule has 0 radical (unpaired) electrons. The highest BCUT2D eigenvalue weighted by molar-refractivity contribution is 5.75. The first-order valence-corrected chi connectivity index (χ1v) is 8.24. The Morgan fingerprint density at radius 3 is 2.38 bits per heavy atom. The van der Waals surface area contributed by atoms with Gasteiger partial charge in [-0.05, 0) is 56.3 Å². The maximum Gasteiger partial charge on any atom is 0.318 e. The third-order valence-electron chi connectivity index (χ3n) is 5.91. The molecule has 5 aliphatic rings. The predicted molar refractivity (Wildman–Crippen MR) is 76.4 cm³/mol. The number of amides is 2. The van der Waals surface area contributed by atoms with Crippen molar-refractivity contribution >= 4 is 6.03 Å². The van der Waals surface area contributed by atoms with Crippen LogP contribution in [0.25, 0.3) is 0 Å². The van der Waals surface area contributed by atoms with E-state index in [1.165, 1.54) is 19.3 Å². The number of ether oxygens (including phenoxy) is 1. The summed E-state index contributed by atoms with van der Waals surface area (Å²) in [6, 6.07) is 2.12. The average molecular weight is 289 g/mol. The van der Waals surface area contributed by atoms with Gasteiger partial charge in [0.05, 0.1) is 19.2 Å². The number of nitrogens with one attached hydrogen (secondary N) is 1. The molecule has 5 nitrogen and oxygen atoms in total. The summed E-state index contributed by atoms with van der Waals surface area (Å²) in [7, 11) is 0. The second-order valence-corrected chi connectivity index (χ2v) is 7.56. The minimum atomic E-state index is -0.471. The molecule has 2 amide bonds. The Bertz CT molecular complexity index is 449. The van der Waals surface area contributed by atoms with Crippen LogP contribution in [0, 0.1) is 29.1 Å². The van der Waals surface area contributed by atoms with Crippen LogP contribution in [0.2, 0.25) is 0 Å². The Labute approximate surface area is 125 Å². The standard InChI is InChI=1S/C16H23N3O2/c17-9-14-10-19(1-2-21-14)15(20)18-16-6-11-3-12(7-16)5-13(4-11)8-16/h11-14H,1-8,10H2,(H,18,20). The monoisotopic (exact) mass is 289 g/mol. The van der Waals surface area contributed by atoms with Crippen LogP contribution in [0.15, 0.2) is 0 Å². The van der Waals surface area contributed by atoms with Gasteiger partial charge < -0.3 is 15.0 Å². The summed E-state index contributed by atoms with van der Waals surface area (Å²) in [4.78, 5) is 14.4. The Morgan fingerprint density at radius 2 is 1.81 bits per heavy atom. The van der Waals surface area contributed by atoms with Crippen molar-refractivity contribution in [3.8, 4) is 6.07 Å². The van der Waals surface area contributed by atoms with Gasteiger partial charge in [0, 0.05) is 12.1 Å². The van der Waals surface area contributed by atoms with Crippen molar-refractivity contribution in [2.24, 2.45) is 17.8 Å². The van der Waals surface area contributed by atoms with Crippen LogP contribution in [0.4, 0.5) is 4.79 Å². The molecule has 0 spiro atoms. The lowest BCUT2D eigenvalue weighted by atomic mass is 9.53. The van der Waals surface area contributed by atoms with Gasteiger partial charge in [0.1, 0.15) is 0 Å². The van der Waals surface area contributed by atoms with Crippen LogP contribution in [0.3, 0.4) is 0 Å². The van der Waals surface area contributed by atoms with E-state index < -0.39 is 6.10 Å². The van der Waals surface area contributed by atoms with Crippen molar-refractivity contribution < 1.29 is 9.53 Å². The maximum atomic E-state index is 12.6. The van der Waals surface area contributed by atoms with Crippen LogP contribution in [-0.2, 0) is 4.74 Å². The van der Waals surface area contributed by atoms with Gasteiger partial charge in [-0.3, -0.25) is 0 Å². The number of nitriles is 1. The number of nitrogens with zero attached hydrogens (tertiary/aromatic N) is 2. The lowest BCUT2D eigenvalue weighted by Crippen LogP contribution is -2.63. The third kappa shape index (κ3) is 2.40. The van der Waals surface area contributed by atoms with Gasteiger partial charge >= 0.3 is 6.03 Å². The summed E-state index contributed by atoms with van der Waals surface area (Å²) in [5.41, 5.74) is 0.0479. The first-order chi connectivity index (χ1) is 10.2. The molecule has 4 bridgehead atoms. The predicted octanol–water partition coefficient (Wildman–Crippen LogP) is 1.89. The number of carbonyl (C=O) groups is 1. The fourth-order valence-electron chi connectivity index (χ4n) is 5.48. The van der Waals surface area contributed by atoms with Crippen molar-refractivity contribution in [2.75, 3.05) is 19.7 Å². The van der Waals surface area contributed by atoms with Gasteiger partial charge in [-0.1, -0.05) is 0 Å². The van der Waals surface area contributed by atoms with Crippen molar-refractivity contribution in [3.63, 3.8) is 0 Å². The third-order valence-corrected chi connectivity index (χ3v) is 5.91. The molecule has 21 heavy (non-hydrogen) atoms. The molecule has 4 saturated carbocycles. The lowest BCUT2D eigenvalue weighted by molar-refractivity contribution is -0.0219.